The molecule has 0 aliphatic carbocycles. The van der Waals surface area contributed by atoms with E-state index in [-0.39, 0.29) is 0 Å². The van der Waals surface area contributed by atoms with Gasteiger partial charge in [0.1, 0.15) is 5.82 Å². The molecule has 27 heavy (non-hydrogen) atoms. The Morgan fingerprint density at radius 3 is 2.63 bits per heavy atom. The molecule has 3 rings (SSSR count). The number of allylic oxidation sites excluding steroid dienone is 1. The fraction of sp³-hybridized carbons (Fsp3) is 0.286. The molecule has 2 aromatic rings. The first-order valence-electron chi connectivity index (χ1n) is 9.26. The van der Waals surface area contributed by atoms with Crippen LogP contribution in [0.25, 0.3) is 5.57 Å². The lowest BCUT2D eigenvalue weighted by atomic mass is 10.0. The number of hydrogen-bond acceptors (Lipinski definition) is 6. The van der Waals surface area contributed by atoms with Crippen LogP contribution < -0.4 is 15.5 Å². The topological polar surface area (TPSA) is 87.9 Å². The van der Waals surface area contributed by atoms with Crippen molar-refractivity contribution in [3.05, 3.63) is 53.9 Å². The van der Waals surface area contributed by atoms with Gasteiger partial charge in [0.15, 0.2) is 0 Å². The first kappa shape index (κ1) is 18.6. The maximum atomic E-state index is 7.70. The van der Waals surface area contributed by atoms with Gasteiger partial charge in [-0.25, -0.2) is 4.98 Å². The van der Waals surface area contributed by atoms with Gasteiger partial charge in [-0.15, -0.1) is 0 Å². The van der Waals surface area contributed by atoms with Crippen LogP contribution in [0.5, 0.6) is 0 Å². The molecule has 0 unspecified atom stereocenters. The predicted molar refractivity (Wildman–Crippen MR) is 114 cm³/mol. The molecule has 0 bridgehead atoms. The van der Waals surface area contributed by atoms with E-state index in [9.17, 15) is 0 Å². The molecule has 6 heteroatoms. The second-order valence-corrected chi connectivity index (χ2v) is 6.55. The van der Waals surface area contributed by atoms with Crippen LogP contribution >= 0.6 is 0 Å². The number of hydrogen-bond donors (Lipinski definition) is 4. The normalized spacial score (nSPS) is 14.6. The highest BCUT2D eigenvalue weighted by molar-refractivity contribution is 6.09. The summed E-state index contributed by atoms with van der Waals surface area (Å²) in [6, 6.07) is 9.78. The van der Waals surface area contributed by atoms with Crippen molar-refractivity contribution >= 4 is 35.2 Å². The van der Waals surface area contributed by atoms with E-state index in [1.165, 1.54) is 31.7 Å². The van der Waals surface area contributed by atoms with Crippen LogP contribution in [0.4, 0.5) is 17.2 Å². The third-order valence-electron chi connectivity index (χ3n) is 4.70. The van der Waals surface area contributed by atoms with Crippen LogP contribution in [-0.4, -0.2) is 37.6 Å². The average molecular weight is 362 g/mol. The van der Waals surface area contributed by atoms with Crippen molar-refractivity contribution in [1.29, 1.82) is 10.8 Å². The molecule has 1 saturated heterocycles. The minimum absolute atomic E-state index is 0.779. The molecule has 1 aromatic carbocycles. The lowest BCUT2D eigenvalue weighted by molar-refractivity contribution is 0.573. The maximum absolute atomic E-state index is 7.70. The Hall–Kier alpha value is -3.15. The van der Waals surface area contributed by atoms with E-state index in [1.807, 2.05) is 37.5 Å². The summed E-state index contributed by atoms with van der Waals surface area (Å²) in [5, 5.41) is 21.7. The smallest absolute Gasteiger partial charge is 0.130 e. The van der Waals surface area contributed by atoms with E-state index in [0.717, 1.165) is 47.0 Å². The molecule has 0 atom stereocenters. The number of nitrogens with one attached hydrogen (secondary N) is 4. The molecule has 1 fully saturated rings. The van der Waals surface area contributed by atoms with E-state index in [2.05, 4.69) is 26.6 Å². The van der Waals surface area contributed by atoms with Gasteiger partial charge in [0, 0.05) is 73.5 Å². The first-order chi connectivity index (χ1) is 13.2. The van der Waals surface area contributed by atoms with Gasteiger partial charge in [0.2, 0.25) is 0 Å². The van der Waals surface area contributed by atoms with Crippen molar-refractivity contribution in [2.45, 2.75) is 19.3 Å². The van der Waals surface area contributed by atoms with Gasteiger partial charge in [-0.3, -0.25) is 0 Å². The summed E-state index contributed by atoms with van der Waals surface area (Å²) >= 11 is 0. The number of benzene rings is 1. The fourth-order valence-corrected chi connectivity index (χ4v) is 3.28. The molecule has 0 amide bonds. The van der Waals surface area contributed by atoms with Gasteiger partial charge < -0.3 is 26.4 Å². The van der Waals surface area contributed by atoms with Gasteiger partial charge in [0.25, 0.3) is 0 Å². The summed E-state index contributed by atoms with van der Waals surface area (Å²) in [5.74, 6) is 0.988. The largest absolute Gasteiger partial charge is 0.393 e. The standard InChI is InChI=1S/C21H26N6/c1-24-15-18(14-23)16-5-6-17(13-22)20(11-16)26-19-7-8-25-21(12-19)27-9-3-2-4-10-27/h5-8,11-15,22-24H,2-4,9-10H2,1H3,(H,25,26)/b18-15+,22-13?,23-14?. The van der Waals surface area contributed by atoms with Gasteiger partial charge in [-0.05, 0) is 37.0 Å². The van der Waals surface area contributed by atoms with Crippen molar-refractivity contribution in [1.82, 2.24) is 10.3 Å². The zero-order valence-electron chi connectivity index (χ0n) is 15.6. The Labute approximate surface area is 160 Å². The summed E-state index contributed by atoms with van der Waals surface area (Å²) in [6.45, 7) is 2.10. The van der Waals surface area contributed by atoms with Crippen LogP contribution in [-0.2, 0) is 0 Å². The highest BCUT2D eigenvalue weighted by Crippen LogP contribution is 2.26. The Morgan fingerprint density at radius 1 is 1.11 bits per heavy atom. The van der Waals surface area contributed by atoms with Crippen molar-refractivity contribution in [3.8, 4) is 0 Å². The fourth-order valence-electron chi connectivity index (χ4n) is 3.28. The monoisotopic (exact) mass is 362 g/mol. The van der Waals surface area contributed by atoms with Crippen LogP contribution in [0, 0.1) is 10.8 Å². The SMILES string of the molecule is CN/C=C(\C=N)c1ccc(C=N)c(Nc2ccnc(N3CCCCC3)c2)c1. The van der Waals surface area contributed by atoms with Crippen LogP contribution in [0.3, 0.4) is 0 Å². The summed E-state index contributed by atoms with van der Waals surface area (Å²) in [5.41, 5.74) is 4.27. The molecule has 1 aliphatic rings. The van der Waals surface area contributed by atoms with E-state index in [0.29, 0.717) is 0 Å². The molecule has 1 aromatic heterocycles. The zero-order chi connectivity index (χ0) is 19.1. The van der Waals surface area contributed by atoms with E-state index >= 15 is 0 Å². The van der Waals surface area contributed by atoms with Gasteiger partial charge in [-0.2, -0.15) is 0 Å². The number of rotatable bonds is 7. The van der Waals surface area contributed by atoms with Gasteiger partial charge in [0.05, 0.1) is 0 Å². The van der Waals surface area contributed by atoms with Crippen LogP contribution in [0.1, 0.15) is 30.4 Å². The quantitative estimate of drug-likeness (QED) is 0.560. The van der Waals surface area contributed by atoms with Gasteiger partial charge in [-0.1, -0.05) is 12.1 Å². The Morgan fingerprint density at radius 2 is 1.93 bits per heavy atom. The molecule has 6 nitrogen and oxygen atoms in total. The lowest BCUT2D eigenvalue weighted by Gasteiger charge is -2.28. The minimum Gasteiger partial charge on any atom is -0.393 e. The predicted octanol–water partition coefficient (Wildman–Crippen LogP) is 4.02. The second kappa shape index (κ2) is 8.98. The number of pyridine rings is 1. The number of anilines is 3. The van der Waals surface area contributed by atoms with E-state index in [4.69, 9.17) is 10.8 Å². The molecule has 0 spiro atoms. The number of piperidine rings is 1. The Bertz CT molecular complexity index is 836. The summed E-state index contributed by atoms with van der Waals surface area (Å²) in [6.07, 6.45) is 9.99. The number of aromatic nitrogens is 1. The molecule has 4 N–H and O–H groups in total. The molecule has 0 radical (unpaired) electrons. The van der Waals surface area contributed by atoms with Crippen molar-refractivity contribution in [3.63, 3.8) is 0 Å². The minimum atomic E-state index is 0.779. The summed E-state index contributed by atoms with van der Waals surface area (Å²) < 4.78 is 0. The van der Waals surface area contributed by atoms with Crippen LogP contribution in [0.15, 0.2) is 42.7 Å². The zero-order valence-corrected chi connectivity index (χ0v) is 15.6. The van der Waals surface area contributed by atoms with E-state index < -0.39 is 0 Å². The Balaban J connectivity index is 1.89. The molecular weight excluding hydrogens is 336 g/mol. The van der Waals surface area contributed by atoms with E-state index in [1.54, 1.807) is 6.20 Å². The number of nitrogens with zero attached hydrogens (tertiary/aromatic N) is 2. The second-order valence-electron chi connectivity index (χ2n) is 6.55. The molecular formula is C21H26N6. The first-order valence-corrected chi connectivity index (χ1v) is 9.26. The van der Waals surface area contributed by atoms with Gasteiger partial charge >= 0.3 is 0 Å². The van der Waals surface area contributed by atoms with Crippen molar-refractivity contribution in [2.24, 2.45) is 0 Å². The van der Waals surface area contributed by atoms with Crippen molar-refractivity contribution in [2.75, 3.05) is 30.4 Å². The lowest BCUT2D eigenvalue weighted by Crippen LogP contribution is -2.30. The average Bonchev–Trinajstić information content (AvgIpc) is 2.73. The molecule has 140 valence electrons. The summed E-state index contributed by atoms with van der Waals surface area (Å²) in [7, 11) is 1.81. The maximum Gasteiger partial charge on any atom is 0.130 e. The van der Waals surface area contributed by atoms with Crippen LogP contribution in [0.2, 0.25) is 0 Å². The van der Waals surface area contributed by atoms with Crippen molar-refractivity contribution < 1.29 is 0 Å². The molecule has 1 aliphatic heterocycles. The Kier molecular flexibility index (Phi) is 6.20. The highest BCUT2D eigenvalue weighted by Gasteiger charge is 2.13. The third kappa shape index (κ3) is 4.53. The highest BCUT2D eigenvalue weighted by atomic mass is 15.2. The molecule has 2 heterocycles. The summed E-state index contributed by atoms with van der Waals surface area (Å²) in [4.78, 5) is 6.85. The molecule has 0 saturated carbocycles. The third-order valence-corrected chi connectivity index (χ3v) is 4.70.